The minimum absolute atomic E-state index is 0.176. The summed E-state index contributed by atoms with van der Waals surface area (Å²) in [7, 11) is 0. The van der Waals surface area contributed by atoms with E-state index in [1.807, 2.05) is 11.0 Å². The summed E-state index contributed by atoms with van der Waals surface area (Å²) in [6.07, 6.45) is 3.87. The molecule has 0 atom stereocenters. The molecule has 1 amide bonds. The van der Waals surface area contributed by atoms with Crippen LogP contribution in [0.4, 0.5) is 5.13 Å². The monoisotopic (exact) mass is 298 g/mol. The molecule has 0 saturated carbocycles. The number of piperidine rings is 1. The van der Waals surface area contributed by atoms with E-state index in [9.17, 15) is 4.79 Å². The molecule has 1 aromatic rings. The number of thiazole rings is 1. The summed E-state index contributed by atoms with van der Waals surface area (Å²) in [5, 5.41) is 12.6. The van der Waals surface area contributed by atoms with E-state index in [0.717, 1.165) is 25.9 Å². The van der Waals surface area contributed by atoms with Crippen molar-refractivity contribution < 1.29 is 4.79 Å². The molecule has 1 saturated heterocycles. The summed E-state index contributed by atoms with van der Waals surface area (Å²) < 4.78 is 0. The van der Waals surface area contributed by atoms with Crippen LogP contribution in [0.2, 0.25) is 5.15 Å². The third-order valence-corrected chi connectivity index (χ3v) is 4.31. The summed E-state index contributed by atoms with van der Waals surface area (Å²) in [5.41, 5.74) is 0. The van der Waals surface area contributed by atoms with Crippen LogP contribution >= 0.6 is 22.9 Å². The molecule has 1 aliphatic heterocycles. The number of carbonyl (C=O) groups excluding carboxylic acids is 1. The summed E-state index contributed by atoms with van der Waals surface area (Å²) >= 11 is 6.98. The van der Waals surface area contributed by atoms with Crippen molar-refractivity contribution in [1.82, 2.24) is 9.88 Å². The van der Waals surface area contributed by atoms with Crippen LogP contribution in [0.5, 0.6) is 0 Å². The first kappa shape index (κ1) is 14.1. The van der Waals surface area contributed by atoms with Gasteiger partial charge in [0.05, 0.1) is 0 Å². The van der Waals surface area contributed by atoms with E-state index in [-0.39, 0.29) is 11.1 Å². The summed E-state index contributed by atoms with van der Waals surface area (Å²) in [6, 6.07) is 1.98. The van der Waals surface area contributed by atoms with E-state index in [1.54, 1.807) is 0 Å². The standard InChI is InChI=1S/C12H15ClN4OS/c13-11-9(8-14)19-12(16-11)15-5-4-10(18)17-6-2-1-3-7-17/h1-7H2,(H,15,16). The molecule has 19 heavy (non-hydrogen) atoms. The van der Waals surface area contributed by atoms with Gasteiger partial charge in [-0.15, -0.1) is 0 Å². The zero-order valence-electron chi connectivity index (χ0n) is 10.5. The average Bonchev–Trinajstić information content (AvgIpc) is 2.80. The van der Waals surface area contributed by atoms with E-state index in [2.05, 4.69) is 10.3 Å². The van der Waals surface area contributed by atoms with Gasteiger partial charge in [-0.05, 0) is 19.3 Å². The Hall–Kier alpha value is -1.32. The summed E-state index contributed by atoms with van der Waals surface area (Å²) in [4.78, 5) is 18.2. The van der Waals surface area contributed by atoms with Gasteiger partial charge in [-0.1, -0.05) is 22.9 Å². The molecule has 5 nitrogen and oxygen atoms in total. The highest BCUT2D eigenvalue weighted by Crippen LogP contribution is 2.25. The summed E-state index contributed by atoms with van der Waals surface area (Å²) in [6.45, 7) is 2.27. The number of nitrogens with one attached hydrogen (secondary N) is 1. The van der Waals surface area contributed by atoms with Gasteiger partial charge in [0, 0.05) is 26.1 Å². The number of amides is 1. The lowest BCUT2D eigenvalue weighted by atomic mass is 10.1. The van der Waals surface area contributed by atoms with Crippen molar-refractivity contribution in [2.75, 3.05) is 25.0 Å². The van der Waals surface area contributed by atoms with Gasteiger partial charge in [0.25, 0.3) is 0 Å². The molecule has 0 aliphatic carbocycles. The zero-order valence-corrected chi connectivity index (χ0v) is 12.1. The van der Waals surface area contributed by atoms with Gasteiger partial charge in [0.1, 0.15) is 10.9 Å². The lowest BCUT2D eigenvalue weighted by Crippen LogP contribution is -2.36. The molecule has 1 aromatic heterocycles. The molecule has 2 heterocycles. The maximum Gasteiger partial charge on any atom is 0.224 e. The van der Waals surface area contributed by atoms with Gasteiger partial charge in [0.2, 0.25) is 5.91 Å². The normalized spacial score (nSPS) is 15.1. The molecule has 0 radical (unpaired) electrons. The number of anilines is 1. The molecule has 1 fully saturated rings. The Bertz CT molecular complexity index is 490. The fraction of sp³-hybridized carbons (Fsp3) is 0.583. The molecule has 7 heteroatoms. The molecular weight excluding hydrogens is 284 g/mol. The summed E-state index contributed by atoms with van der Waals surface area (Å²) in [5.74, 6) is 0.176. The second-order valence-corrected chi connectivity index (χ2v) is 5.73. The molecule has 102 valence electrons. The minimum atomic E-state index is 0.176. The van der Waals surface area contributed by atoms with Gasteiger partial charge < -0.3 is 10.2 Å². The first-order valence-electron chi connectivity index (χ1n) is 6.29. The molecule has 1 N–H and O–H groups in total. The Morgan fingerprint density at radius 2 is 2.21 bits per heavy atom. The minimum Gasteiger partial charge on any atom is -0.361 e. The van der Waals surface area contributed by atoms with E-state index in [0.29, 0.717) is 23.0 Å². The van der Waals surface area contributed by atoms with Crippen molar-refractivity contribution >= 4 is 34.0 Å². The third kappa shape index (κ3) is 3.82. The molecule has 2 rings (SSSR count). The Kier molecular flexibility index (Phi) is 5.00. The Labute approximate surface area is 121 Å². The highest BCUT2D eigenvalue weighted by atomic mass is 35.5. The Balaban J connectivity index is 1.76. The largest absolute Gasteiger partial charge is 0.361 e. The number of hydrogen-bond acceptors (Lipinski definition) is 5. The fourth-order valence-electron chi connectivity index (χ4n) is 2.02. The molecule has 1 aliphatic rings. The molecule has 0 spiro atoms. The zero-order chi connectivity index (χ0) is 13.7. The quantitative estimate of drug-likeness (QED) is 0.927. The first-order chi connectivity index (χ1) is 9.20. The lowest BCUT2D eigenvalue weighted by molar-refractivity contribution is -0.131. The van der Waals surface area contributed by atoms with E-state index >= 15 is 0 Å². The third-order valence-electron chi connectivity index (χ3n) is 3.01. The predicted molar refractivity (Wildman–Crippen MR) is 75.4 cm³/mol. The second kappa shape index (κ2) is 6.73. The average molecular weight is 299 g/mol. The fourth-order valence-corrected chi connectivity index (χ4v) is 3.00. The molecule has 0 bridgehead atoms. The Morgan fingerprint density at radius 3 is 2.84 bits per heavy atom. The van der Waals surface area contributed by atoms with Gasteiger partial charge in [-0.2, -0.15) is 5.26 Å². The van der Waals surface area contributed by atoms with Crippen LogP contribution in [0.3, 0.4) is 0 Å². The number of aromatic nitrogens is 1. The number of hydrogen-bond donors (Lipinski definition) is 1. The van der Waals surface area contributed by atoms with Gasteiger partial charge >= 0.3 is 0 Å². The Morgan fingerprint density at radius 1 is 1.47 bits per heavy atom. The second-order valence-electron chi connectivity index (χ2n) is 4.37. The lowest BCUT2D eigenvalue weighted by Gasteiger charge is -2.26. The number of likely N-dealkylation sites (tertiary alicyclic amines) is 1. The van der Waals surface area contributed by atoms with Crippen LogP contribution in [-0.4, -0.2) is 35.4 Å². The van der Waals surface area contributed by atoms with Crippen LogP contribution < -0.4 is 5.32 Å². The number of halogens is 1. The van der Waals surface area contributed by atoms with Crippen LogP contribution in [0.15, 0.2) is 0 Å². The van der Waals surface area contributed by atoms with Crippen molar-refractivity contribution in [3.05, 3.63) is 10.0 Å². The SMILES string of the molecule is N#Cc1sc(NCCC(=O)N2CCCCC2)nc1Cl. The first-order valence-corrected chi connectivity index (χ1v) is 7.48. The van der Waals surface area contributed by atoms with Gasteiger partial charge in [0.15, 0.2) is 10.3 Å². The van der Waals surface area contributed by atoms with E-state index in [1.165, 1.54) is 17.8 Å². The topological polar surface area (TPSA) is 69.0 Å². The maximum atomic E-state index is 11.9. The number of nitriles is 1. The van der Waals surface area contributed by atoms with Crippen LogP contribution in [-0.2, 0) is 4.79 Å². The van der Waals surface area contributed by atoms with Crippen LogP contribution in [0.1, 0.15) is 30.6 Å². The van der Waals surface area contributed by atoms with Crippen molar-refractivity contribution in [1.29, 1.82) is 5.26 Å². The van der Waals surface area contributed by atoms with Crippen molar-refractivity contribution in [3.63, 3.8) is 0 Å². The van der Waals surface area contributed by atoms with Crippen molar-refractivity contribution in [2.45, 2.75) is 25.7 Å². The van der Waals surface area contributed by atoms with Crippen molar-refractivity contribution in [2.24, 2.45) is 0 Å². The van der Waals surface area contributed by atoms with E-state index in [4.69, 9.17) is 16.9 Å². The van der Waals surface area contributed by atoms with Crippen LogP contribution in [0.25, 0.3) is 0 Å². The van der Waals surface area contributed by atoms with E-state index < -0.39 is 0 Å². The van der Waals surface area contributed by atoms with Crippen molar-refractivity contribution in [3.8, 4) is 6.07 Å². The molecule has 0 unspecified atom stereocenters. The number of nitrogens with zero attached hydrogens (tertiary/aromatic N) is 3. The van der Waals surface area contributed by atoms with Gasteiger partial charge in [-0.3, -0.25) is 4.79 Å². The van der Waals surface area contributed by atoms with Gasteiger partial charge in [-0.25, -0.2) is 4.98 Å². The molecule has 0 aromatic carbocycles. The number of rotatable bonds is 4. The highest BCUT2D eigenvalue weighted by Gasteiger charge is 2.16. The predicted octanol–water partition coefficient (Wildman–Crippen LogP) is 2.48. The number of carbonyl (C=O) groups is 1. The molecular formula is C12H15ClN4OS. The van der Waals surface area contributed by atoms with Crippen LogP contribution in [0, 0.1) is 11.3 Å². The maximum absolute atomic E-state index is 11.9. The highest BCUT2D eigenvalue weighted by molar-refractivity contribution is 7.16. The smallest absolute Gasteiger partial charge is 0.224 e.